The van der Waals surface area contributed by atoms with Crippen molar-refractivity contribution in [1.82, 2.24) is 4.90 Å². The zero-order valence-electron chi connectivity index (χ0n) is 9.70. The zero-order chi connectivity index (χ0) is 12.7. The van der Waals surface area contributed by atoms with E-state index in [1.165, 1.54) is 10.6 Å². The summed E-state index contributed by atoms with van der Waals surface area (Å²) in [6.07, 6.45) is 0. The van der Waals surface area contributed by atoms with E-state index in [0.717, 1.165) is 17.4 Å². The molecule has 2 aliphatic rings. The molecule has 2 aliphatic heterocycles. The van der Waals surface area contributed by atoms with Crippen molar-refractivity contribution in [1.29, 1.82) is 0 Å². The molecule has 0 amide bonds. The summed E-state index contributed by atoms with van der Waals surface area (Å²) < 4.78 is 0. The second-order valence-corrected chi connectivity index (χ2v) is 6.38. The fourth-order valence-electron chi connectivity index (χ4n) is 2.43. The highest BCUT2D eigenvalue weighted by molar-refractivity contribution is 7.99. The predicted molar refractivity (Wildman–Crippen MR) is 84.4 cm³/mol. The molecule has 3 nitrogen and oxygen atoms in total. The van der Waals surface area contributed by atoms with Gasteiger partial charge in [0, 0.05) is 17.2 Å². The Bertz CT molecular complexity index is 517. The summed E-state index contributed by atoms with van der Waals surface area (Å²) in [5, 5.41) is 0.848. The predicted octanol–water partition coefficient (Wildman–Crippen LogP) is 1.85. The summed E-state index contributed by atoms with van der Waals surface area (Å²) in [6, 6.07) is 8.84. The van der Waals surface area contributed by atoms with Crippen LogP contribution in [0.3, 0.4) is 0 Å². The molecule has 1 aromatic rings. The van der Waals surface area contributed by atoms with Gasteiger partial charge in [-0.25, -0.2) is 0 Å². The molecule has 0 radical (unpaired) electrons. The number of anilines is 1. The zero-order valence-corrected chi connectivity index (χ0v) is 12.2. The Hall–Kier alpha value is -0.850. The van der Waals surface area contributed by atoms with Crippen LogP contribution in [0.15, 0.2) is 29.2 Å². The van der Waals surface area contributed by atoms with Gasteiger partial charge in [-0.15, -0.1) is 11.8 Å². The number of para-hydroxylation sites is 1. The summed E-state index contributed by atoms with van der Waals surface area (Å²) in [5.74, 6) is 1.06. The molecule has 0 aromatic heterocycles. The Balaban J connectivity index is 1.92. The molecule has 0 saturated carbocycles. The Morgan fingerprint density at radius 1 is 1.44 bits per heavy atom. The van der Waals surface area contributed by atoms with Crippen molar-refractivity contribution in [3.05, 3.63) is 24.3 Å². The number of rotatable bonds is 2. The normalized spacial score (nSPS) is 21.8. The van der Waals surface area contributed by atoms with Gasteiger partial charge in [-0.3, -0.25) is 0 Å². The molecule has 18 heavy (non-hydrogen) atoms. The minimum absolute atomic E-state index is 0.437. The minimum atomic E-state index is 0.437. The molecule has 94 valence electrons. The lowest BCUT2D eigenvalue weighted by Crippen LogP contribution is -2.39. The molecule has 1 aromatic carbocycles. The lowest BCUT2D eigenvalue weighted by molar-refractivity contribution is 0.503. The van der Waals surface area contributed by atoms with Crippen LogP contribution in [0.2, 0.25) is 0 Å². The van der Waals surface area contributed by atoms with Crippen LogP contribution >= 0.6 is 36.2 Å². The van der Waals surface area contributed by atoms with Gasteiger partial charge in [0.25, 0.3) is 0 Å². The first-order valence-electron chi connectivity index (χ1n) is 5.75. The fourth-order valence-corrected chi connectivity index (χ4v) is 4.09. The molecule has 0 aliphatic carbocycles. The molecule has 0 bridgehead atoms. The maximum Gasteiger partial charge on any atom is 0.176 e. The third-order valence-electron chi connectivity index (χ3n) is 3.18. The maximum atomic E-state index is 5.62. The van der Waals surface area contributed by atoms with Gasteiger partial charge < -0.3 is 15.5 Å². The van der Waals surface area contributed by atoms with E-state index < -0.39 is 0 Å². The van der Waals surface area contributed by atoms with Crippen LogP contribution in [0, 0.1) is 0 Å². The first-order valence-corrected chi connectivity index (χ1v) is 7.55. The molecule has 1 saturated heterocycles. The number of thioether (sulfide) groups is 1. The summed E-state index contributed by atoms with van der Waals surface area (Å²) in [7, 11) is 0. The van der Waals surface area contributed by atoms with Crippen molar-refractivity contribution in [2.75, 3.05) is 23.7 Å². The molecule has 6 heteroatoms. The van der Waals surface area contributed by atoms with Crippen molar-refractivity contribution < 1.29 is 0 Å². The highest BCUT2D eigenvalue weighted by Crippen LogP contribution is 2.40. The van der Waals surface area contributed by atoms with Gasteiger partial charge in [0.05, 0.1) is 23.3 Å². The highest BCUT2D eigenvalue weighted by atomic mass is 32.2. The molecule has 2 heterocycles. The fraction of sp³-hybridized carbons (Fsp3) is 0.333. The Morgan fingerprint density at radius 3 is 3.00 bits per heavy atom. The van der Waals surface area contributed by atoms with Gasteiger partial charge in [0.15, 0.2) is 5.11 Å². The second kappa shape index (κ2) is 4.68. The van der Waals surface area contributed by atoms with Crippen LogP contribution in [0.25, 0.3) is 0 Å². The number of fused-ring (bicyclic) bond motifs is 3. The number of benzene rings is 1. The van der Waals surface area contributed by atoms with E-state index in [-0.39, 0.29) is 0 Å². The van der Waals surface area contributed by atoms with Gasteiger partial charge >= 0.3 is 0 Å². The molecule has 0 spiro atoms. The summed E-state index contributed by atoms with van der Waals surface area (Å²) in [4.78, 5) is 6.15. The van der Waals surface area contributed by atoms with Gasteiger partial charge in [-0.1, -0.05) is 24.4 Å². The molecular formula is C12H13N3S3. The number of thiocarbonyl (C=S) groups is 2. The van der Waals surface area contributed by atoms with E-state index in [1.54, 1.807) is 0 Å². The Labute approximate surface area is 121 Å². The van der Waals surface area contributed by atoms with Crippen LogP contribution in [0.1, 0.15) is 0 Å². The summed E-state index contributed by atoms with van der Waals surface area (Å²) in [6.45, 7) is 1.49. The van der Waals surface area contributed by atoms with Crippen molar-refractivity contribution in [3.63, 3.8) is 0 Å². The Morgan fingerprint density at radius 2 is 2.22 bits per heavy atom. The highest BCUT2D eigenvalue weighted by Gasteiger charge is 2.38. The third kappa shape index (κ3) is 1.98. The second-order valence-electron chi connectivity index (χ2n) is 4.43. The average Bonchev–Trinajstić information content (AvgIpc) is 2.66. The summed E-state index contributed by atoms with van der Waals surface area (Å²) >= 11 is 12.4. The van der Waals surface area contributed by atoms with Crippen LogP contribution in [-0.4, -0.2) is 39.9 Å². The van der Waals surface area contributed by atoms with E-state index in [1.807, 2.05) is 11.8 Å². The third-order valence-corrected chi connectivity index (χ3v) is 4.97. The number of hydrogen-bond donors (Lipinski definition) is 1. The van der Waals surface area contributed by atoms with Crippen LogP contribution in [0.5, 0.6) is 0 Å². The van der Waals surface area contributed by atoms with E-state index in [9.17, 15) is 0 Å². The van der Waals surface area contributed by atoms with Crippen molar-refractivity contribution in [2.24, 2.45) is 5.73 Å². The molecule has 2 N–H and O–H groups in total. The van der Waals surface area contributed by atoms with E-state index in [4.69, 9.17) is 30.2 Å². The van der Waals surface area contributed by atoms with Crippen LogP contribution < -0.4 is 10.6 Å². The standard InChI is InChI=1S/C12H13N3S3/c13-11(16)6-14-5-8-7-18-10-4-2-1-3-9(10)15(8)12(14)17/h1-4,8H,5-7H2,(H2,13,16). The van der Waals surface area contributed by atoms with E-state index in [2.05, 4.69) is 34.1 Å². The quantitative estimate of drug-likeness (QED) is 0.839. The SMILES string of the molecule is NC(=S)CN1CC2CSc3ccccc3N2C1=S. The van der Waals surface area contributed by atoms with Crippen molar-refractivity contribution >= 4 is 52.0 Å². The number of nitrogens with zero attached hydrogens (tertiary/aromatic N) is 2. The summed E-state index contributed by atoms with van der Waals surface area (Å²) in [5.41, 5.74) is 6.84. The van der Waals surface area contributed by atoms with Crippen molar-refractivity contribution in [3.8, 4) is 0 Å². The maximum absolute atomic E-state index is 5.62. The topological polar surface area (TPSA) is 32.5 Å². The van der Waals surface area contributed by atoms with Crippen LogP contribution in [-0.2, 0) is 0 Å². The van der Waals surface area contributed by atoms with Gasteiger partial charge in [-0.2, -0.15) is 0 Å². The van der Waals surface area contributed by atoms with E-state index >= 15 is 0 Å². The number of hydrogen-bond acceptors (Lipinski definition) is 3. The van der Waals surface area contributed by atoms with Gasteiger partial charge in [0.1, 0.15) is 0 Å². The van der Waals surface area contributed by atoms with Gasteiger partial charge in [-0.05, 0) is 24.4 Å². The number of nitrogens with two attached hydrogens (primary N) is 1. The van der Waals surface area contributed by atoms with Crippen LogP contribution in [0.4, 0.5) is 5.69 Å². The minimum Gasteiger partial charge on any atom is -0.392 e. The smallest absolute Gasteiger partial charge is 0.176 e. The lowest BCUT2D eigenvalue weighted by Gasteiger charge is -2.31. The first kappa shape index (κ1) is 12.2. The lowest BCUT2D eigenvalue weighted by atomic mass is 10.2. The Kier molecular flexibility index (Phi) is 3.17. The van der Waals surface area contributed by atoms with E-state index in [0.29, 0.717) is 17.6 Å². The monoisotopic (exact) mass is 295 g/mol. The molecular weight excluding hydrogens is 282 g/mol. The largest absolute Gasteiger partial charge is 0.392 e. The molecule has 3 rings (SSSR count). The molecule has 1 unspecified atom stereocenters. The molecule has 1 fully saturated rings. The van der Waals surface area contributed by atoms with Gasteiger partial charge in [0.2, 0.25) is 0 Å². The van der Waals surface area contributed by atoms with Crippen molar-refractivity contribution in [2.45, 2.75) is 10.9 Å². The first-order chi connectivity index (χ1) is 8.66. The average molecular weight is 295 g/mol. The molecule has 1 atom stereocenters.